The molecule has 0 fully saturated rings. The van der Waals surface area contributed by atoms with Crippen LogP contribution in [-0.4, -0.2) is 20.2 Å². The number of rotatable bonds is 3. The first kappa shape index (κ1) is 17.6. The van der Waals surface area contributed by atoms with E-state index in [-0.39, 0.29) is 10.6 Å². The van der Waals surface area contributed by atoms with Crippen molar-refractivity contribution in [1.82, 2.24) is 0 Å². The van der Waals surface area contributed by atoms with Crippen molar-refractivity contribution in [2.24, 2.45) is 5.14 Å². The molecule has 26 heavy (non-hydrogen) atoms. The maximum absolute atomic E-state index is 12.0. The van der Waals surface area contributed by atoms with Crippen molar-refractivity contribution in [2.75, 3.05) is 10.6 Å². The van der Waals surface area contributed by atoms with Gasteiger partial charge >= 0.3 is 11.8 Å². The van der Waals surface area contributed by atoms with Crippen molar-refractivity contribution in [2.45, 2.75) is 4.90 Å². The van der Waals surface area contributed by atoms with Crippen LogP contribution < -0.4 is 15.8 Å². The highest BCUT2D eigenvalue weighted by Gasteiger charge is 2.15. The second kappa shape index (κ2) is 6.95. The van der Waals surface area contributed by atoms with E-state index in [9.17, 15) is 18.0 Å². The van der Waals surface area contributed by atoms with Crippen molar-refractivity contribution in [3.8, 4) is 0 Å². The van der Waals surface area contributed by atoms with Crippen molar-refractivity contribution in [3.63, 3.8) is 0 Å². The first-order valence-corrected chi connectivity index (χ1v) is 9.11. The molecule has 0 heterocycles. The molecule has 0 saturated carbocycles. The van der Waals surface area contributed by atoms with E-state index in [0.29, 0.717) is 5.69 Å². The SMILES string of the molecule is NS(=O)(=O)c1ccc(NC(=O)C(=O)Nc2ccc3ccccc3c2)cc1. The molecule has 0 radical (unpaired) electrons. The van der Waals surface area contributed by atoms with Crippen LogP contribution in [0.1, 0.15) is 0 Å². The summed E-state index contributed by atoms with van der Waals surface area (Å²) in [6, 6.07) is 18.1. The van der Waals surface area contributed by atoms with Gasteiger partial charge in [-0.3, -0.25) is 9.59 Å². The second-order valence-corrected chi connectivity index (χ2v) is 7.10. The van der Waals surface area contributed by atoms with Crippen LogP contribution in [0.25, 0.3) is 10.8 Å². The van der Waals surface area contributed by atoms with Gasteiger partial charge in [-0.15, -0.1) is 0 Å². The van der Waals surface area contributed by atoms with E-state index in [2.05, 4.69) is 10.6 Å². The molecule has 0 bridgehead atoms. The Morgan fingerprint density at radius 1 is 0.731 bits per heavy atom. The fourth-order valence-electron chi connectivity index (χ4n) is 2.37. The molecule has 2 amide bonds. The summed E-state index contributed by atoms with van der Waals surface area (Å²) in [4.78, 5) is 23.9. The number of primary sulfonamides is 1. The Kier molecular flexibility index (Phi) is 4.70. The molecule has 0 aliphatic carbocycles. The van der Waals surface area contributed by atoms with Gasteiger partial charge in [0.25, 0.3) is 0 Å². The first-order valence-electron chi connectivity index (χ1n) is 7.57. The number of nitrogens with two attached hydrogens (primary N) is 1. The van der Waals surface area contributed by atoms with Gasteiger partial charge in [-0.1, -0.05) is 30.3 Å². The van der Waals surface area contributed by atoms with Gasteiger partial charge in [0, 0.05) is 11.4 Å². The molecule has 3 aromatic rings. The Bertz CT molecular complexity index is 1090. The maximum atomic E-state index is 12.0. The van der Waals surface area contributed by atoms with Gasteiger partial charge < -0.3 is 10.6 Å². The quantitative estimate of drug-likeness (QED) is 0.612. The zero-order valence-corrected chi connectivity index (χ0v) is 14.3. The van der Waals surface area contributed by atoms with Crippen molar-refractivity contribution in [1.29, 1.82) is 0 Å². The Labute approximate surface area is 149 Å². The second-order valence-electron chi connectivity index (χ2n) is 5.54. The van der Waals surface area contributed by atoms with Crippen molar-refractivity contribution in [3.05, 3.63) is 66.7 Å². The summed E-state index contributed by atoms with van der Waals surface area (Å²) in [5.74, 6) is -1.71. The largest absolute Gasteiger partial charge is 0.318 e. The minimum atomic E-state index is -3.82. The number of sulfonamides is 1. The fraction of sp³-hybridized carbons (Fsp3) is 0. The van der Waals surface area contributed by atoms with Gasteiger partial charge in [-0.05, 0) is 47.2 Å². The summed E-state index contributed by atoms with van der Waals surface area (Å²) >= 11 is 0. The molecule has 0 unspecified atom stereocenters. The van der Waals surface area contributed by atoms with E-state index < -0.39 is 21.8 Å². The van der Waals surface area contributed by atoms with Gasteiger partial charge in [0.1, 0.15) is 0 Å². The van der Waals surface area contributed by atoms with E-state index in [4.69, 9.17) is 5.14 Å². The minimum absolute atomic E-state index is 0.0869. The molecular weight excluding hydrogens is 354 g/mol. The van der Waals surface area contributed by atoms with Crippen molar-refractivity contribution < 1.29 is 18.0 Å². The monoisotopic (exact) mass is 369 g/mol. The predicted octanol–water partition coefficient (Wildman–Crippen LogP) is 2.06. The molecular formula is C18H15N3O4S. The minimum Gasteiger partial charge on any atom is -0.318 e. The van der Waals surface area contributed by atoms with E-state index in [1.54, 1.807) is 12.1 Å². The molecule has 4 N–H and O–H groups in total. The van der Waals surface area contributed by atoms with Crippen LogP contribution >= 0.6 is 0 Å². The van der Waals surface area contributed by atoms with E-state index >= 15 is 0 Å². The van der Waals surface area contributed by atoms with Crippen LogP contribution in [0.3, 0.4) is 0 Å². The molecule has 0 spiro atoms. The molecule has 7 nitrogen and oxygen atoms in total. The number of amides is 2. The fourth-order valence-corrected chi connectivity index (χ4v) is 2.89. The number of carbonyl (C=O) groups excluding carboxylic acids is 2. The number of fused-ring (bicyclic) bond motifs is 1. The lowest BCUT2D eigenvalue weighted by molar-refractivity contribution is -0.132. The van der Waals surface area contributed by atoms with Crippen LogP contribution in [0.4, 0.5) is 11.4 Å². The molecule has 8 heteroatoms. The van der Waals surface area contributed by atoms with Gasteiger partial charge in [0.2, 0.25) is 10.0 Å². The van der Waals surface area contributed by atoms with Gasteiger partial charge in [0.05, 0.1) is 4.90 Å². The summed E-state index contributed by atoms with van der Waals surface area (Å²) in [6.45, 7) is 0. The normalized spacial score (nSPS) is 11.1. The number of carbonyl (C=O) groups is 2. The van der Waals surface area contributed by atoms with Crippen LogP contribution in [0.2, 0.25) is 0 Å². The zero-order chi connectivity index (χ0) is 18.7. The number of nitrogens with one attached hydrogen (secondary N) is 2. The number of anilines is 2. The summed E-state index contributed by atoms with van der Waals surface area (Å²) < 4.78 is 22.4. The summed E-state index contributed by atoms with van der Waals surface area (Å²) in [5, 5.41) is 11.9. The van der Waals surface area contributed by atoms with Crippen LogP contribution in [-0.2, 0) is 19.6 Å². The Balaban J connectivity index is 1.68. The molecule has 0 aliphatic heterocycles. The zero-order valence-electron chi connectivity index (χ0n) is 13.5. The van der Waals surface area contributed by atoms with Crippen molar-refractivity contribution >= 4 is 44.0 Å². The lowest BCUT2D eigenvalue weighted by Gasteiger charge is -2.08. The first-order chi connectivity index (χ1) is 12.3. The molecule has 3 aromatic carbocycles. The highest BCUT2D eigenvalue weighted by atomic mass is 32.2. The Hall–Kier alpha value is -3.23. The highest BCUT2D eigenvalue weighted by molar-refractivity contribution is 7.89. The third-order valence-corrected chi connectivity index (χ3v) is 4.58. The van der Waals surface area contributed by atoms with Crippen LogP contribution in [0, 0.1) is 0 Å². The van der Waals surface area contributed by atoms with Crippen LogP contribution in [0.15, 0.2) is 71.6 Å². The van der Waals surface area contributed by atoms with Crippen LogP contribution in [0.5, 0.6) is 0 Å². The standard InChI is InChI=1S/C18H15N3O4S/c19-26(24,25)16-9-7-14(8-10-16)20-17(22)18(23)21-15-6-5-12-3-1-2-4-13(12)11-15/h1-11H,(H,20,22)(H,21,23)(H2,19,24,25). The average Bonchev–Trinajstić information content (AvgIpc) is 2.61. The van der Waals surface area contributed by atoms with E-state index in [1.165, 1.54) is 24.3 Å². The summed E-state index contributed by atoms with van der Waals surface area (Å²) in [5.41, 5.74) is 0.768. The topological polar surface area (TPSA) is 118 Å². The summed E-state index contributed by atoms with van der Waals surface area (Å²) in [7, 11) is -3.82. The third-order valence-electron chi connectivity index (χ3n) is 3.65. The summed E-state index contributed by atoms with van der Waals surface area (Å²) in [6.07, 6.45) is 0. The van der Waals surface area contributed by atoms with Gasteiger partial charge in [-0.25, -0.2) is 13.6 Å². The lowest BCUT2D eigenvalue weighted by atomic mass is 10.1. The molecule has 0 aromatic heterocycles. The van der Waals surface area contributed by atoms with Gasteiger partial charge in [-0.2, -0.15) is 0 Å². The highest BCUT2D eigenvalue weighted by Crippen LogP contribution is 2.19. The van der Waals surface area contributed by atoms with Gasteiger partial charge in [0.15, 0.2) is 0 Å². The predicted molar refractivity (Wildman–Crippen MR) is 99.0 cm³/mol. The third kappa shape index (κ3) is 4.05. The van der Waals surface area contributed by atoms with E-state index in [1.807, 2.05) is 30.3 Å². The van der Waals surface area contributed by atoms with E-state index in [0.717, 1.165) is 10.8 Å². The Morgan fingerprint density at radius 3 is 1.88 bits per heavy atom. The lowest BCUT2D eigenvalue weighted by Crippen LogP contribution is -2.29. The molecule has 0 saturated heterocycles. The molecule has 0 aliphatic rings. The number of hydrogen-bond donors (Lipinski definition) is 3. The Morgan fingerprint density at radius 2 is 1.27 bits per heavy atom. The molecule has 132 valence electrons. The average molecular weight is 369 g/mol. The smallest absolute Gasteiger partial charge is 0.314 e. The molecule has 3 rings (SSSR count). The number of hydrogen-bond acceptors (Lipinski definition) is 4. The molecule has 0 atom stereocenters. The number of benzene rings is 3. The maximum Gasteiger partial charge on any atom is 0.314 e.